The van der Waals surface area contributed by atoms with E-state index in [0.717, 1.165) is 34.9 Å². The van der Waals surface area contributed by atoms with E-state index in [1.807, 2.05) is 18.2 Å². The van der Waals surface area contributed by atoms with E-state index in [9.17, 15) is 23.3 Å². The van der Waals surface area contributed by atoms with E-state index < -0.39 is 14.9 Å². The molecule has 160 valence electrons. The van der Waals surface area contributed by atoms with Crippen LogP contribution in [0.25, 0.3) is 10.4 Å². The average molecular weight is 458 g/mol. The van der Waals surface area contributed by atoms with Gasteiger partial charge in [-0.3, -0.25) is 14.9 Å². The Bertz CT molecular complexity index is 1270. The summed E-state index contributed by atoms with van der Waals surface area (Å²) >= 11 is 1.44. The second kappa shape index (κ2) is 8.58. The van der Waals surface area contributed by atoms with E-state index in [1.54, 1.807) is 0 Å². The molecule has 0 spiro atoms. The summed E-state index contributed by atoms with van der Waals surface area (Å²) in [5.74, 6) is -0.258. The van der Waals surface area contributed by atoms with Gasteiger partial charge in [0.25, 0.3) is 11.6 Å². The number of fused-ring (bicyclic) bond motifs is 3. The van der Waals surface area contributed by atoms with Gasteiger partial charge < -0.3 is 5.32 Å². The van der Waals surface area contributed by atoms with Gasteiger partial charge in [0.1, 0.15) is 0 Å². The first kappa shape index (κ1) is 21.2. The van der Waals surface area contributed by atoms with Gasteiger partial charge in [0.05, 0.1) is 14.7 Å². The Morgan fingerprint density at radius 2 is 1.81 bits per heavy atom. The molecule has 2 aromatic carbocycles. The predicted molar refractivity (Wildman–Crippen MR) is 118 cm³/mol. The van der Waals surface area contributed by atoms with Crippen LogP contribution in [-0.4, -0.2) is 32.3 Å². The molecule has 1 aliphatic carbocycles. The zero-order chi connectivity index (χ0) is 22.0. The molecule has 1 aliphatic rings. The molecule has 0 fully saturated rings. The minimum Gasteiger partial charge on any atom is -0.350 e. The largest absolute Gasteiger partial charge is 0.350 e. The summed E-state index contributed by atoms with van der Waals surface area (Å²) in [6.45, 7) is 0.0524. The molecule has 1 heterocycles. The van der Waals surface area contributed by atoms with E-state index in [4.69, 9.17) is 0 Å². The molecule has 10 heteroatoms. The molecule has 4 rings (SSSR count). The minimum absolute atomic E-state index is 0.0370. The van der Waals surface area contributed by atoms with Crippen LogP contribution < -0.4 is 10.0 Å². The predicted octanol–water partition coefficient (Wildman–Crippen LogP) is 3.13. The summed E-state index contributed by atoms with van der Waals surface area (Å²) < 4.78 is 27.0. The number of rotatable bonds is 7. The summed E-state index contributed by atoms with van der Waals surface area (Å²) in [6.07, 6.45) is 1.83. The highest BCUT2D eigenvalue weighted by atomic mass is 32.2. The van der Waals surface area contributed by atoms with Gasteiger partial charge in [-0.25, -0.2) is 13.1 Å². The molecular formula is C21H19N3O5S2. The quantitative estimate of drug-likeness (QED) is 0.321. The number of nitrogens with zero attached hydrogens (tertiary/aromatic N) is 1. The number of nitrogens with one attached hydrogen (secondary N) is 2. The number of nitro groups is 1. The maximum absolute atomic E-state index is 12.5. The van der Waals surface area contributed by atoms with Gasteiger partial charge >= 0.3 is 0 Å². The Morgan fingerprint density at radius 3 is 2.61 bits per heavy atom. The molecule has 31 heavy (non-hydrogen) atoms. The van der Waals surface area contributed by atoms with Crippen molar-refractivity contribution < 1.29 is 18.1 Å². The first-order chi connectivity index (χ1) is 14.8. The smallest absolute Gasteiger partial charge is 0.270 e. The average Bonchev–Trinajstić information content (AvgIpc) is 3.22. The SMILES string of the molecule is O=C(NCCNS(=O)(=O)c1cccc([N+](=O)[O-])c1)c1cc2c(s1)-c1ccccc1CC2. The molecule has 1 amide bonds. The lowest BCUT2D eigenvalue weighted by Crippen LogP contribution is -2.34. The zero-order valence-corrected chi connectivity index (χ0v) is 18.0. The second-order valence-electron chi connectivity index (χ2n) is 7.03. The molecular weight excluding hydrogens is 438 g/mol. The molecule has 0 radical (unpaired) electrons. The summed E-state index contributed by atoms with van der Waals surface area (Å²) in [5.41, 5.74) is 3.29. The third-order valence-electron chi connectivity index (χ3n) is 5.00. The number of carbonyl (C=O) groups is 1. The van der Waals surface area contributed by atoms with Crippen molar-refractivity contribution in [3.05, 3.63) is 80.7 Å². The minimum atomic E-state index is -3.92. The van der Waals surface area contributed by atoms with E-state index in [1.165, 1.54) is 35.1 Å². The van der Waals surface area contributed by atoms with Crippen molar-refractivity contribution in [3.8, 4) is 10.4 Å². The fourth-order valence-electron chi connectivity index (χ4n) is 3.48. The third kappa shape index (κ3) is 4.50. The van der Waals surface area contributed by atoms with Crippen LogP contribution in [0.5, 0.6) is 0 Å². The van der Waals surface area contributed by atoms with E-state index in [0.29, 0.717) is 4.88 Å². The van der Waals surface area contributed by atoms with Gasteiger partial charge in [0.15, 0.2) is 0 Å². The van der Waals surface area contributed by atoms with Crippen molar-refractivity contribution in [1.29, 1.82) is 0 Å². The van der Waals surface area contributed by atoms with Gasteiger partial charge in [0, 0.05) is 30.1 Å². The number of carbonyl (C=O) groups excluding carboxylic acids is 1. The summed E-state index contributed by atoms with van der Waals surface area (Å²) in [4.78, 5) is 24.2. The maximum Gasteiger partial charge on any atom is 0.270 e. The van der Waals surface area contributed by atoms with E-state index in [2.05, 4.69) is 22.2 Å². The monoisotopic (exact) mass is 457 g/mol. The van der Waals surface area contributed by atoms with Gasteiger partial charge in [-0.15, -0.1) is 11.3 Å². The van der Waals surface area contributed by atoms with Crippen molar-refractivity contribution in [2.24, 2.45) is 0 Å². The van der Waals surface area contributed by atoms with Crippen LogP contribution in [0.4, 0.5) is 5.69 Å². The Labute approximate surface area is 183 Å². The molecule has 0 aliphatic heterocycles. The van der Waals surface area contributed by atoms with Gasteiger partial charge in [-0.2, -0.15) is 0 Å². The number of hydrogen-bond donors (Lipinski definition) is 2. The standard InChI is InChI=1S/C21H19N3O5S2/c25-21(19-12-15-9-8-14-4-1-2-7-18(14)20(15)30-19)22-10-11-23-31(28,29)17-6-3-5-16(13-17)24(26)27/h1-7,12-13,23H,8-11H2,(H,22,25). The second-order valence-corrected chi connectivity index (χ2v) is 9.85. The topological polar surface area (TPSA) is 118 Å². The van der Waals surface area contributed by atoms with Crippen molar-refractivity contribution in [2.75, 3.05) is 13.1 Å². The van der Waals surface area contributed by atoms with E-state index >= 15 is 0 Å². The normalized spacial score (nSPS) is 12.6. The van der Waals surface area contributed by atoms with Crippen molar-refractivity contribution >= 4 is 33.0 Å². The third-order valence-corrected chi connectivity index (χ3v) is 7.67. The fourth-order valence-corrected chi connectivity index (χ4v) is 5.74. The van der Waals surface area contributed by atoms with Crippen molar-refractivity contribution in [3.63, 3.8) is 0 Å². The van der Waals surface area contributed by atoms with Crippen molar-refractivity contribution in [1.82, 2.24) is 10.0 Å². The molecule has 3 aromatic rings. The molecule has 2 N–H and O–H groups in total. The maximum atomic E-state index is 12.5. The lowest BCUT2D eigenvalue weighted by molar-refractivity contribution is -0.385. The van der Waals surface area contributed by atoms with E-state index in [-0.39, 0.29) is 29.6 Å². The van der Waals surface area contributed by atoms with Crippen LogP contribution in [0.2, 0.25) is 0 Å². The number of sulfonamides is 1. The molecule has 0 unspecified atom stereocenters. The molecule has 0 atom stereocenters. The van der Waals surface area contributed by atoms with Crippen LogP contribution >= 0.6 is 11.3 Å². The molecule has 0 saturated carbocycles. The zero-order valence-electron chi connectivity index (χ0n) is 16.3. The highest BCUT2D eigenvalue weighted by Crippen LogP contribution is 2.39. The van der Waals surface area contributed by atoms with Crippen LogP contribution in [0.15, 0.2) is 59.5 Å². The number of hydrogen-bond acceptors (Lipinski definition) is 6. The lowest BCUT2D eigenvalue weighted by Gasteiger charge is -2.15. The van der Waals surface area contributed by atoms with Gasteiger partial charge in [-0.1, -0.05) is 30.3 Å². The van der Waals surface area contributed by atoms with Crippen LogP contribution in [0, 0.1) is 10.1 Å². The number of amides is 1. The lowest BCUT2D eigenvalue weighted by atomic mass is 9.91. The van der Waals surface area contributed by atoms with Crippen molar-refractivity contribution in [2.45, 2.75) is 17.7 Å². The van der Waals surface area contributed by atoms with Crippen LogP contribution in [0.3, 0.4) is 0 Å². The number of non-ortho nitro benzene ring substituents is 1. The van der Waals surface area contributed by atoms with Crippen LogP contribution in [0.1, 0.15) is 20.8 Å². The highest BCUT2D eigenvalue weighted by molar-refractivity contribution is 7.89. The van der Waals surface area contributed by atoms with Crippen LogP contribution in [-0.2, 0) is 22.9 Å². The Balaban J connectivity index is 1.36. The molecule has 8 nitrogen and oxygen atoms in total. The molecule has 0 bridgehead atoms. The molecule has 1 aromatic heterocycles. The Kier molecular flexibility index (Phi) is 5.86. The summed E-state index contributed by atoms with van der Waals surface area (Å²) in [5, 5.41) is 13.6. The fraction of sp³-hybridized carbons (Fsp3) is 0.190. The number of thiophene rings is 1. The van der Waals surface area contributed by atoms with Gasteiger partial charge in [-0.05, 0) is 41.7 Å². The number of benzene rings is 2. The Morgan fingerprint density at radius 1 is 1.03 bits per heavy atom. The number of aryl methyl sites for hydroxylation is 2. The first-order valence-corrected chi connectivity index (χ1v) is 11.9. The first-order valence-electron chi connectivity index (χ1n) is 9.58. The molecule has 0 saturated heterocycles. The Hall–Kier alpha value is -3.08. The summed E-state index contributed by atoms with van der Waals surface area (Å²) in [6, 6.07) is 14.9. The highest BCUT2D eigenvalue weighted by Gasteiger charge is 2.21. The summed E-state index contributed by atoms with van der Waals surface area (Å²) in [7, 11) is -3.92. The van der Waals surface area contributed by atoms with Gasteiger partial charge in [0.2, 0.25) is 10.0 Å². The number of nitro benzene ring substituents is 1.